The summed E-state index contributed by atoms with van der Waals surface area (Å²) >= 11 is 1.47. The van der Waals surface area contributed by atoms with E-state index in [0.29, 0.717) is 25.1 Å². The molecule has 2 heterocycles. The number of nitrogens with zero attached hydrogens (tertiary/aromatic N) is 3. The Morgan fingerprint density at radius 3 is 2.90 bits per heavy atom. The predicted molar refractivity (Wildman–Crippen MR) is 83.8 cm³/mol. The highest BCUT2D eigenvalue weighted by Crippen LogP contribution is 2.37. The number of β-amino-alcohol motifs (C(OH)–C–C–N with tert-alkyl or cyclic N) is 1. The molecule has 0 radical (unpaired) electrons. The van der Waals surface area contributed by atoms with Gasteiger partial charge in [0.05, 0.1) is 12.7 Å². The molecule has 5 nitrogen and oxygen atoms in total. The highest BCUT2D eigenvalue weighted by Gasteiger charge is 2.38. The van der Waals surface area contributed by atoms with Crippen LogP contribution in [0.3, 0.4) is 0 Å². The van der Waals surface area contributed by atoms with Crippen molar-refractivity contribution in [1.29, 1.82) is 0 Å². The summed E-state index contributed by atoms with van der Waals surface area (Å²) in [6.07, 6.45) is 8.05. The van der Waals surface area contributed by atoms with Crippen molar-refractivity contribution < 1.29 is 9.84 Å². The third-order valence-electron chi connectivity index (χ3n) is 4.75. The van der Waals surface area contributed by atoms with Crippen LogP contribution in [0.4, 0.5) is 5.13 Å². The van der Waals surface area contributed by atoms with Gasteiger partial charge in [0, 0.05) is 37.6 Å². The van der Waals surface area contributed by atoms with E-state index in [9.17, 15) is 5.11 Å². The number of methoxy groups -OCH3 is 1. The van der Waals surface area contributed by atoms with E-state index < -0.39 is 0 Å². The lowest BCUT2D eigenvalue weighted by molar-refractivity contribution is 0.185. The number of aliphatic hydroxyl groups excluding tert-OH is 1. The summed E-state index contributed by atoms with van der Waals surface area (Å²) in [5, 5.41) is 11.1. The van der Waals surface area contributed by atoms with E-state index in [1.807, 2.05) is 0 Å². The minimum Gasteiger partial charge on any atom is -0.391 e. The van der Waals surface area contributed by atoms with Gasteiger partial charge in [-0.1, -0.05) is 19.3 Å². The molecule has 118 valence electrons. The number of aromatic nitrogens is 2. The Hall–Kier alpha value is -0.720. The van der Waals surface area contributed by atoms with Gasteiger partial charge in [-0.2, -0.15) is 4.37 Å². The lowest BCUT2D eigenvalue weighted by atomic mass is 9.83. The number of hydrogen-bond acceptors (Lipinski definition) is 6. The van der Waals surface area contributed by atoms with E-state index in [0.717, 1.165) is 23.8 Å². The number of aliphatic hydroxyl groups is 1. The minimum atomic E-state index is -0.219. The van der Waals surface area contributed by atoms with E-state index in [1.54, 1.807) is 7.11 Å². The normalized spacial score (nSPS) is 27.4. The molecule has 2 aliphatic rings. The molecule has 21 heavy (non-hydrogen) atoms. The Bertz CT molecular complexity index is 448. The van der Waals surface area contributed by atoms with E-state index in [-0.39, 0.29) is 6.10 Å². The minimum absolute atomic E-state index is 0.219. The summed E-state index contributed by atoms with van der Waals surface area (Å²) in [4.78, 5) is 6.97. The van der Waals surface area contributed by atoms with Crippen LogP contribution in [0.5, 0.6) is 0 Å². The summed E-state index contributed by atoms with van der Waals surface area (Å²) in [5.74, 6) is 1.57. The predicted octanol–water partition coefficient (Wildman–Crippen LogP) is 2.25. The van der Waals surface area contributed by atoms with Crippen LogP contribution in [0.1, 0.15) is 44.3 Å². The Balaban J connectivity index is 1.70. The second-order valence-corrected chi connectivity index (χ2v) is 6.97. The number of hydrogen-bond donors (Lipinski definition) is 1. The average molecular weight is 311 g/mol. The molecule has 1 aliphatic carbocycles. The Morgan fingerprint density at radius 2 is 2.14 bits per heavy atom. The fourth-order valence-corrected chi connectivity index (χ4v) is 4.47. The molecule has 0 unspecified atom stereocenters. The SMILES string of the molecule is COCCc1nsc(N2C[C@@H](O)C[C@H]2C2CCCCC2)n1. The van der Waals surface area contributed by atoms with Crippen LogP contribution in [-0.2, 0) is 11.2 Å². The van der Waals surface area contributed by atoms with Gasteiger partial charge in [0.25, 0.3) is 0 Å². The van der Waals surface area contributed by atoms with Gasteiger partial charge in [0.1, 0.15) is 5.82 Å². The van der Waals surface area contributed by atoms with Crippen molar-refractivity contribution in [3.05, 3.63) is 5.82 Å². The van der Waals surface area contributed by atoms with Crippen molar-refractivity contribution in [2.45, 2.75) is 57.1 Å². The van der Waals surface area contributed by atoms with Crippen molar-refractivity contribution in [3.63, 3.8) is 0 Å². The highest BCUT2D eigenvalue weighted by atomic mass is 32.1. The van der Waals surface area contributed by atoms with Crippen molar-refractivity contribution in [2.75, 3.05) is 25.2 Å². The molecule has 1 aromatic rings. The van der Waals surface area contributed by atoms with E-state index in [2.05, 4.69) is 14.3 Å². The van der Waals surface area contributed by atoms with Gasteiger partial charge in [-0.15, -0.1) is 0 Å². The Kier molecular flexibility index (Phi) is 5.08. The maximum Gasteiger partial charge on any atom is 0.205 e. The summed E-state index contributed by atoms with van der Waals surface area (Å²) in [6, 6.07) is 0.448. The number of anilines is 1. The molecular formula is C15H25N3O2S. The number of ether oxygens (including phenoxy) is 1. The number of rotatable bonds is 5. The van der Waals surface area contributed by atoms with E-state index in [4.69, 9.17) is 4.74 Å². The molecule has 1 N–H and O–H groups in total. The van der Waals surface area contributed by atoms with Crippen LogP contribution >= 0.6 is 11.5 Å². The molecule has 1 aliphatic heterocycles. The summed E-state index contributed by atoms with van der Waals surface area (Å²) in [6.45, 7) is 1.37. The molecule has 1 saturated carbocycles. The standard InChI is InChI=1S/C15H25N3O2S/c1-20-8-7-14-16-15(21-17-14)18-10-12(19)9-13(18)11-5-3-2-4-6-11/h11-13,19H,2-10H2,1H3/t12-,13-/m0/s1. The third kappa shape index (κ3) is 3.55. The largest absolute Gasteiger partial charge is 0.391 e. The zero-order chi connectivity index (χ0) is 14.7. The van der Waals surface area contributed by atoms with Gasteiger partial charge in [0.15, 0.2) is 0 Å². The van der Waals surface area contributed by atoms with Crippen molar-refractivity contribution in [1.82, 2.24) is 9.36 Å². The summed E-state index contributed by atoms with van der Waals surface area (Å²) in [5.41, 5.74) is 0. The highest BCUT2D eigenvalue weighted by molar-refractivity contribution is 7.09. The topological polar surface area (TPSA) is 58.5 Å². The smallest absolute Gasteiger partial charge is 0.205 e. The van der Waals surface area contributed by atoms with Crippen LogP contribution in [0.2, 0.25) is 0 Å². The fraction of sp³-hybridized carbons (Fsp3) is 0.867. The fourth-order valence-electron chi connectivity index (χ4n) is 3.69. The van der Waals surface area contributed by atoms with Crippen molar-refractivity contribution in [3.8, 4) is 0 Å². The molecule has 1 saturated heterocycles. The summed E-state index contributed by atoms with van der Waals surface area (Å²) in [7, 11) is 1.70. The maximum absolute atomic E-state index is 10.1. The van der Waals surface area contributed by atoms with Crippen LogP contribution < -0.4 is 4.90 Å². The second-order valence-electron chi connectivity index (χ2n) is 6.24. The molecule has 0 spiro atoms. The van der Waals surface area contributed by atoms with Crippen LogP contribution in [-0.4, -0.2) is 46.9 Å². The first-order valence-electron chi connectivity index (χ1n) is 8.04. The Morgan fingerprint density at radius 1 is 1.33 bits per heavy atom. The molecule has 3 rings (SSSR count). The van der Waals surface area contributed by atoms with Crippen LogP contribution in [0.15, 0.2) is 0 Å². The summed E-state index contributed by atoms with van der Waals surface area (Å²) < 4.78 is 9.52. The van der Waals surface area contributed by atoms with Gasteiger partial charge < -0.3 is 14.7 Å². The molecule has 2 fully saturated rings. The first kappa shape index (κ1) is 15.2. The first-order chi connectivity index (χ1) is 10.3. The molecule has 2 atom stereocenters. The van der Waals surface area contributed by atoms with Gasteiger partial charge >= 0.3 is 0 Å². The molecule has 0 amide bonds. The van der Waals surface area contributed by atoms with E-state index in [1.165, 1.54) is 43.6 Å². The van der Waals surface area contributed by atoms with Gasteiger partial charge in [-0.3, -0.25) is 0 Å². The zero-order valence-corrected chi connectivity index (χ0v) is 13.5. The lowest BCUT2D eigenvalue weighted by Crippen LogP contribution is -2.36. The molecule has 0 bridgehead atoms. The maximum atomic E-state index is 10.1. The Labute approximate surface area is 130 Å². The molecular weight excluding hydrogens is 286 g/mol. The van der Waals surface area contributed by atoms with Gasteiger partial charge in [-0.25, -0.2) is 4.98 Å². The van der Waals surface area contributed by atoms with Crippen LogP contribution in [0, 0.1) is 5.92 Å². The molecule has 1 aromatic heterocycles. The van der Waals surface area contributed by atoms with Crippen LogP contribution in [0.25, 0.3) is 0 Å². The third-order valence-corrected chi connectivity index (χ3v) is 5.54. The quantitative estimate of drug-likeness (QED) is 0.904. The van der Waals surface area contributed by atoms with Gasteiger partial charge in [-0.05, 0) is 25.2 Å². The average Bonchev–Trinajstić information content (AvgIpc) is 3.12. The lowest BCUT2D eigenvalue weighted by Gasteiger charge is -2.33. The monoisotopic (exact) mass is 311 g/mol. The first-order valence-corrected chi connectivity index (χ1v) is 8.81. The molecule has 6 heteroatoms. The van der Waals surface area contributed by atoms with E-state index >= 15 is 0 Å². The molecule has 0 aromatic carbocycles. The van der Waals surface area contributed by atoms with Crippen molar-refractivity contribution in [2.24, 2.45) is 5.92 Å². The second kappa shape index (κ2) is 7.03. The van der Waals surface area contributed by atoms with Gasteiger partial charge in [0.2, 0.25) is 5.13 Å². The van der Waals surface area contributed by atoms with Crippen molar-refractivity contribution >= 4 is 16.7 Å². The zero-order valence-electron chi connectivity index (χ0n) is 12.7.